The fourth-order valence-electron chi connectivity index (χ4n) is 3.11. The van der Waals surface area contributed by atoms with Crippen LogP contribution < -0.4 is 10.1 Å². The van der Waals surface area contributed by atoms with Crippen molar-refractivity contribution in [1.82, 2.24) is 9.62 Å². The average molecular weight is 423 g/mol. The van der Waals surface area contributed by atoms with E-state index in [0.29, 0.717) is 13.2 Å². The lowest BCUT2D eigenvalue weighted by Gasteiger charge is -2.14. The highest BCUT2D eigenvalue weighted by Crippen LogP contribution is 2.26. The van der Waals surface area contributed by atoms with Crippen molar-refractivity contribution in [3.8, 4) is 5.75 Å². The molecule has 2 aromatic carbocycles. The van der Waals surface area contributed by atoms with Crippen LogP contribution >= 0.6 is 11.6 Å². The predicted octanol–water partition coefficient (Wildman–Crippen LogP) is 2.89. The molecule has 1 N–H and O–H groups in total. The molecule has 0 aromatic heterocycles. The molecule has 150 valence electrons. The summed E-state index contributed by atoms with van der Waals surface area (Å²) in [4.78, 5) is 12.3. The minimum atomic E-state index is -3.73. The number of halogens is 1. The second-order valence-corrected chi connectivity index (χ2v) is 9.35. The number of aryl methyl sites for hydroxylation is 2. The maximum absolute atomic E-state index is 12.4. The van der Waals surface area contributed by atoms with Gasteiger partial charge in [0.15, 0.2) is 0 Å². The number of nitrogens with one attached hydrogen (secondary N) is 1. The first kappa shape index (κ1) is 20.6. The number of rotatable bonds is 7. The molecule has 28 heavy (non-hydrogen) atoms. The topological polar surface area (TPSA) is 75.7 Å². The van der Waals surface area contributed by atoms with Gasteiger partial charge in [-0.3, -0.25) is 4.79 Å². The Bertz CT molecular complexity index is 990. The fourth-order valence-corrected chi connectivity index (χ4v) is 4.51. The van der Waals surface area contributed by atoms with Gasteiger partial charge < -0.3 is 10.1 Å². The van der Waals surface area contributed by atoms with Crippen molar-refractivity contribution in [1.29, 1.82) is 0 Å². The number of hydrogen-bond donors (Lipinski definition) is 1. The SMILES string of the molecule is CN(C)S(=O)(=O)c1cc(C(=O)NCCOc2ccc3c(c2)CCC3)ccc1Cl. The standard InChI is InChI=1S/C20H23ClN2O4S/c1-23(2)28(25,26)19-13-16(7-9-18(19)21)20(24)22-10-11-27-17-8-6-14-4-3-5-15(14)12-17/h6-9,12-13H,3-5,10-11H2,1-2H3,(H,22,24). The van der Waals surface area contributed by atoms with Gasteiger partial charge in [-0.15, -0.1) is 0 Å². The first-order valence-electron chi connectivity index (χ1n) is 9.04. The van der Waals surface area contributed by atoms with E-state index >= 15 is 0 Å². The third-order valence-electron chi connectivity index (χ3n) is 4.68. The summed E-state index contributed by atoms with van der Waals surface area (Å²) in [6, 6.07) is 10.3. The summed E-state index contributed by atoms with van der Waals surface area (Å²) in [5.41, 5.74) is 2.94. The lowest BCUT2D eigenvalue weighted by Crippen LogP contribution is -2.28. The molecule has 0 fully saturated rings. The maximum Gasteiger partial charge on any atom is 0.251 e. The second kappa shape index (κ2) is 8.51. The Hall–Kier alpha value is -2.09. The Morgan fingerprint density at radius 1 is 1.14 bits per heavy atom. The highest BCUT2D eigenvalue weighted by atomic mass is 35.5. The highest BCUT2D eigenvalue weighted by Gasteiger charge is 2.22. The molecule has 0 saturated heterocycles. The van der Waals surface area contributed by atoms with Crippen molar-refractivity contribution >= 4 is 27.5 Å². The van der Waals surface area contributed by atoms with Gasteiger partial charge in [-0.05, 0) is 60.7 Å². The van der Waals surface area contributed by atoms with Crippen LogP contribution in [0, 0.1) is 0 Å². The Morgan fingerprint density at radius 3 is 2.64 bits per heavy atom. The zero-order valence-electron chi connectivity index (χ0n) is 15.9. The van der Waals surface area contributed by atoms with Crippen LogP contribution in [-0.2, 0) is 22.9 Å². The molecule has 0 aliphatic heterocycles. The summed E-state index contributed by atoms with van der Waals surface area (Å²) < 4.78 is 31.4. The molecule has 2 aromatic rings. The van der Waals surface area contributed by atoms with Gasteiger partial charge in [-0.2, -0.15) is 0 Å². The van der Waals surface area contributed by atoms with Crippen LogP contribution in [0.2, 0.25) is 5.02 Å². The molecule has 0 radical (unpaired) electrons. The van der Waals surface area contributed by atoms with Crippen molar-refractivity contribution in [3.05, 3.63) is 58.1 Å². The Kier molecular flexibility index (Phi) is 6.27. The van der Waals surface area contributed by atoms with E-state index in [0.717, 1.165) is 22.9 Å². The summed E-state index contributed by atoms with van der Waals surface area (Å²) >= 11 is 6.01. The molecule has 1 amide bonds. The largest absolute Gasteiger partial charge is 0.492 e. The summed E-state index contributed by atoms with van der Waals surface area (Å²) in [6.07, 6.45) is 3.39. The minimum absolute atomic E-state index is 0.0743. The van der Waals surface area contributed by atoms with Crippen LogP contribution in [0.3, 0.4) is 0 Å². The number of benzene rings is 2. The Labute approximate surface area is 170 Å². The molecule has 0 bridgehead atoms. The molecule has 3 rings (SSSR count). The summed E-state index contributed by atoms with van der Waals surface area (Å²) in [7, 11) is -0.910. The molecule has 0 atom stereocenters. The number of nitrogens with zero attached hydrogens (tertiary/aromatic N) is 1. The van der Waals surface area contributed by atoms with E-state index in [9.17, 15) is 13.2 Å². The molecule has 0 heterocycles. The Balaban J connectivity index is 1.58. The molecular weight excluding hydrogens is 400 g/mol. The lowest BCUT2D eigenvalue weighted by atomic mass is 10.1. The third-order valence-corrected chi connectivity index (χ3v) is 6.97. The van der Waals surface area contributed by atoms with Crippen LogP contribution in [-0.4, -0.2) is 45.9 Å². The van der Waals surface area contributed by atoms with Crippen LogP contribution in [0.4, 0.5) is 0 Å². The fraction of sp³-hybridized carbons (Fsp3) is 0.350. The van der Waals surface area contributed by atoms with Crippen LogP contribution in [0.15, 0.2) is 41.3 Å². The summed E-state index contributed by atoms with van der Waals surface area (Å²) in [6.45, 7) is 0.620. The normalized spacial score (nSPS) is 13.4. The predicted molar refractivity (Wildman–Crippen MR) is 109 cm³/mol. The van der Waals surface area contributed by atoms with E-state index in [1.165, 1.54) is 49.8 Å². The third kappa shape index (κ3) is 4.48. The smallest absolute Gasteiger partial charge is 0.251 e. The maximum atomic E-state index is 12.4. The molecule has 0 unspecified atom stereocenters. The van der Waals surface area contributed by atoms with Crippen molar-refractivity contribution < 1.29 is 17.9 Å². The van der Waals surface area contributed by atoms with E-state index in [4.69, 9.17) is 16.3 Å². The van der Waals surface area contributed by atoms with Crippen molar-refractivity contribution in [3.63, 3.8) is 0 Å². The zero-order chi connectivity index (χ0) is 20.3. The molecule has 6 nitrogen and oxygen atoms in total. The first-order chi connectivity index (χ1) is 13.3. The molecule has 0 saturated carbocycles. The number of carbonyl (C=O) groups excluding carboxylic acids is 1. The van der Waals surface area contributed by atoms with Gasteiger partial charge in [0, 0.05) is 19.7 Å². The highest BCUT2D eigenvalue weighted by molar-refractivity contribution is 7.89. The molecule has 1 aliphatic rings. The number of sulfonamides is 1. The quantitative estimate of drug-likeness (QED) is 0.696. The van der Waals surface area contributed by atoms with E-state index < -0.39 is 10.0 Å². The number of ether oxygens (including phenoxy) is 1. The van der Waals surface area contributed by atoms with E-state index in [1.54, 1.807) is 0 Å². The Morgan fingerprint density at radius 2 is 1.89 bits per heavy atom. The van der Waals surface area contributed by atoms with Crippen LogP contribution in [0.1, 0.15) is 27.9 Å². The van der Waals surface area contributed by atoms with Gasteiger partial charge in [0.25, 0.3) is 5.91 Å². The van der Waals surface area contributed by atoms with Gasteiger partial charge >= 0.3 is 0 Å². The first-order valence-corrected chi connectivity index (χ1v) is 10.9. The molecule has 8 heteroatoms. The zero-order valence-corrected chi connectivity index (χ0v) is 17.4. The number of hydrogen-bond acceptors (Lipinski definition) is 4. The van der Waals surface area contributed by atoms with E-state index in [2.05, 4.69) is 17.4 Å². The number of fused-ring (bicyclic) bond motifs is 1. The van der Waals surface area contributed by atoms with Crippen LogP contribution in [0.5, 0.6) is 5.75 Å². The van der Waals surface area contributed by atoms with Crippen molar-refractivity contribution in [2.24, 2.45) is 0 Å². The average Bonchev–Trinajstić information content (AvgIpc) is 3.13. The van der Waals surface area contributed by atoms with Gasteiger partial charge in [0.1, 0.15) is 17.3 Å². The van der Waals surface area contributed by atoms with Gasteiger partial charge in [0.2, 0.25) is 10.0 Å². The number of carbonyl (C=O) groups is 1. The monoisotopic (exact) mass is 422 g/mol. The second-order valence-electron chi connectivity index (χ2n) is 6.82. The number of amides is 1. The van der Waals surface area contributed by atoms with Gasteiger partial charge in [0.05, 0.1) is 11.6 Å². The molecule has 1 aliphatic carbocycles. The lowest BCUT2D eigenvalue weighted by molar-refractivity contribution is 0.0947. The van der Waals surface area contributed by atoms with E-state index in [1.807, 2.05) is 6.07 Å². The molecular formula is C20H23ClN2O4S. The summed E-state index contributed by atoms with van der Waals surface area (Å²) in [5, 5.41) is 2.81. The van der Waals surface area contributed by atoms with Crippen LogP contribution in [0.25, 0.3) is 0 Å². The van der Waals surface area contributed by atoms with E-state index in [-0.39, 0.29) is 21.4 Å². The minimum Gasteiger partial charge on any atom is -0.492 e. The van der Waals surface area contributed by atoms with Crippen molar-refractivity contribution in [2.45, 2.75) is 24.2 Å². The van der Waals surface area contributed by atoms with Gasteiger partial charge in [-0.1, -0.05) is 17.7 Å². The molecule has 0 spiro atoms. The summed E-state index contributed by atoms with van der Waals surface area (Å²) in [5.74, 6) is 0.408. The van der Waals surface area contributed by atoms with Gasteiger partial charge in [-0.25, -0.2) is 12.7 Å². The van der Waals surface area contributed by atoms with Crippen molar-refractivity contribution in [2.75, 3.05) is 27.2 Å².